The van der Waals surface area contributed by atoms with Gasteiger partial charge in [-0.05, 0) is 30.8 Å². The molecule has 0 bridgehead atoms. The maximum absolute atomic E-state index is 9.26. The standard InChI is InChI=1S/C10H21N5O/c1-4-5-6-15-10(11-12-13-15)8-14(3)7-9(2)16/h9,16H,4-8H2,1-3H3. The Morgan fingerprint density at radius 3 is 2.88 bits per heavy atom. The highest BCUT2D eigenvalue weighted by Crippen LogP contribution is 2.01. The number of aliphatic hydroxyl groups excluding tert-OH is 1. The van der Waals surface area contributed by atoms with E-state index in [9.17, 15) is 5.11 Å². The van der Waals surface area contributed by atoms with Crippen LogP contribution in [0.15, 0.2) is 0 Å². The molecule has 0 radical (unpaired) electrons. The summed E-state index contributed by atoms with van der Waals surface area (Å²) in [5.74, 6) is 0.858. The average Bonchev–Trinajstić information content (AvgIpc) is 2.61. The Hall–Kier alpha value is -1.01. The van der Waals surface area contributed by atoms with Crippen LogP contribution in [0.3, 0.4) is 0 Å². The fourth-order valence-electron chi connectivity index (χ4n) is 1.58. The van der Waals surface area contributed by atoms with Crippen LogP contribution in [0.5, 0.6) is 0 Å². The molecule has 92 valence electrons. The van der Waals surface area contributed by atoms with Crippen LogP contribution in [-0.2, 0) is 13.1 Å². The van der Waals surface area contributed by atoms with Crippen LogP contribution in [0.4, 0.5) is 0 Å². The molecular formula is C10H21N5O. The van der Waals surface area contributed by atoms with Gasteiger partial charge in [0.15, 0.2) is 5.82 Å². The third-order valence-electron chi connectivity index (χ3n) is 2.32. The molecule has 0 fully saturated rings. The summed E-state index contributed by atoms with van der Waals surface area (Å²) in [6.45, 7) is 6.07. The number of rotatable bonds is 7. The number of aromatic nitrogens is 4. The molecule has 16 heavy (non-hydrogen) atoms. The number of likely N-dealkylation sites (N-methyl/N-ethyl adjacent to an activating group) is 1. The Morgan fingerprint density at radius 1 is 1.50 bits per heavy atom. The van der Waals surface area contributed by atoms with Crippen LogP contribution < -0.4 is 0 Å². The van der Waals surface area contributed by atoms with Crippen molar-refractivity contribution in [1.29, 1.82) is 0 Å². The Balaban J connectivity index is 2.49. The van der Waals surface area contributed by atoms with Crippen molar-refractivity contribution in [2.24, 2.45) is 0 Å². The second-order valence-electron chi connectivity index (χ2n) is 4.22. The van der Waals surface area contributed by atoms with E-state index in [-0.39, 0.29) is 6.10 Å². The summed E-state index contributed by atoms with van der Waals surface area (Å²) in [6.07, 6.45) is 1.88. The first-order valence-electron chi connectivity index (χ1n) is 5.75. The Kier molecular flexibility index (Phi) is 5.34. The smallest absolute Gasteiger partial charge is 0.165 e. The monoisotopic (exact) mass is 227 g/mol. The van der Waals surface area contributed by atoms with E-state index in [1.807, 2.05) is 16.6 Å². The quantitative estimate of drug-likeness (QED) is 0.725. The summed E-state index contributed by atoms with van der Waals surface area (Å²) in [5, 5.41) is 20.9. The predicted molar refractivity (Wildman–Crippen MR) is 60.7 cm³/mol. The summed E-state index contributed by atoms with van der Waals surface area (Å²) in [5.41, 5.74) is 0. The minimum absolute atomic E-state index is 0.329. The molecule has 0 spiro atoms. The number of aryl methyl sites for hydroxylation is 1. The van der Waals surface area contributed by atoms with Crippen LogP contribution in [0.2, 0.25) is 0 Å². The zero-order valence-corrected chi connectivity index (χ0v) is 10.3. The number of nitrogens with zero attached hydrogens (tertiary/aromatic N) is 5. The van der Waals surface area contributed by atoms with Crippen molar-refractivity contribution in [3.05, 3.63) is 5.82 Å². The zero-order valence-electron chi connectivity index (χ0n) is 10.3. The second kappa shape index (κ2) is 6.55. The first-order valence-corrected chi connectivity index (χ1v) is 5.75. The third kappa shape index (κ3) is 4.24. The van der Waals surface area contributed by atoms with Crippen molar-refractivity contribution in [3.63, 3.8) is 0 Å². The fourth-order valence-corrected chi connectivity index (χ4v) is 1.58. The summed E-state index contributed by atoms with van der Waals surface area (Å²) in [6, 6.07) is 0. The molecule has 0 aliphatic heterocycles. The molecule has 1 N–H and O–H groups in total. The third-order valence-corrected chi connectivity index (χ3v) is 2.32. The van der Waals surface area contributed by atoms with Crippen LogP contribution in [0, 0.1) is 0 Å². The molecule has 1 unspecified atom stereocenters. The molecule has 1 atom stereocenters. The molecule has 1 heterocycles. The van der Waals surface area contributed by atoms with Crippen molar-refractivity contribution >= 4 is 0 Å². The molecule has 1 aromatic heterocycles. The molecule has 6 heteroatoms. The maximum Gasteiger partial charge on any atom is 0.165 e. The second-order valence-corrected chi connectivity index (χ2v) is 4.22. The van der Waals surface area contributed by atoms with Gasteiger partial charge in [-0.25, -0.2) is 4.68 Å². The number of hydrogen-bond acceptors (Lipinski definition) is 5. The first kappa shape index (κ1) is 13.1. The molecule has 1 rings (SSSR count). The number of unbranched alkanes of at least 4 members (excludes halogenated alkanes) is 1. The molecule has 0 saturated heterocycles. The van der Waals surface area contributed by atoms with Gasteiger partial charge in [0.1, 0.15) is 0 Å². The van der Waals surface area contributed by atoms with E-state index in [0.29, 0.717) is 13.1 Å². The van der Waals surface area contributed by atoms with Crippen LogP contribution in [0.1, 0.15) is 32.5 Å². The fraction of sp³-hybridized carbons (Fsp3) is 0.900. The van der Waals surface area contributed by atoms with Crippen LogP contribution in [-0.4, -0.2) is 49.9 Å². The summed E-state index contributed by atoms with van der Waals surface area (Å²) in [4.78, 5) is 2.01. The Morgan fingerprint density at radius 2 is 2.25 bits per heavy atom. The average molecular weight is 227 g/mol. The van der Waals surface area contributed by atoms with Crippen LogP contribution in [0.25, 0.3) is 0 Å². The van der Waals surface area contributed by atoms with Gasteiger partial charge >= 0.3 is 0 Å². The molecule has 0 amide bonds. The number of aliphatic hydroxyl groups is 1. The highest BCUT2D eigenvalue weighted by atomic mass is 16.3. The van der Waals surface area contributed by atoms with Crippen molar-refractivity contribution in [2.75, 3.05) is 13.6 Å². The zero-order chi connectivity index (χ0) is 12.0. The van der Waals surface area contributed by atoms with E-state index in [0.717, 1.165) is 25.2 Å². The van der Waals surface area contributed by atoms with Gasteiger partial charge in [0.25, 0.3) is 0 Å². The lowest BCUT2D eigenvalue weighted by Gasteiger charge is -2.17. The van der Waals surface area contributed by atoms with Gasteiger partial charge in [0, 0.05) is 13.1 Å². The molecule has 0 aliphatic rings. The van der Waals surface area contributed by atoms with Gasteiger partial charge < -0.3 is 5.11 Å². The van der Waals surface area contributed by atoms with E-state index < -0.39 is 0 Å². The van der Waals surface area contributed by atoms with Gasteiger partial charge in [-0.15, -0.1) is 5.10 Å². The molecule has 0 aliphatic carbocycles. The van der Waals surface area contributed by atoms with E-state index in [4.69, 9.17) is 0 Å². The molecular weight excluding hydrogens is 206 g/mol. The van der Waals surface area contributed by atoms with Gasteiger partial charge in [0.2, 0.25) is 0 Å². The largest absolute Gasteiger partial charge is 0.392 e. The number of tetrazole rings is 1. The lowest BCUT2D eigenvalue weighted by atomic mass is 10.3. The minimum atomic E-state index is -0.329. The predicted octanol–water partition coefficient (Wildman–Crippen LogP) is 0.286. The van der Waals surface area contributed by atoms with Crippen molar-refractivity contribution < 1.29 is 5.11 Å². The SMILES string of the molecule is CCCCn1nnnc1CN(C)CC(C)O. The van der Waals surface area contributed by atoms with Crippen LogP contribution >= 0.6 is 0 Å². The normalized spacial score (nSPS) is 13.3. The summed E-state index contributed by atoms with van der Waals surface area (Å²) in [7, 11) is 1.95. The van der Waals surface area contributed by atoms with E-state index in [1.165, 1.54) is 0 Å². The maximum atomic E-state index is 9.26. The van der Waals surface area contributed by atoms with E-state index >= 15 is 0 Å². The Labute approximate surface area is 96.3 Å². The van der Waals surface area contributed by atoms with Gasteiger partial charge in [0.05, 0.1) is 12.6 Å². The first-order chi connectivity index (χ1) is 7.63. The summed E-state index contributed by atoms with van der Waals surface area (Å²) >= 11 is 0. The van der Waals surface area contributed by atoms with Gasteiger partial charge in [-0.3, -0.25) is 4.90 Å². The highest BCUT2D eigenvalue weighted by molar-refractivity contribution is 4.80. The lowest BCUT2D eigenvalue weighted by molar-refractivity contribution is 0.136. The molecule has 6 nitrogen and oxygen atoms in total. The lowest BCUT2D eigenvalue weighted by Crippen LogP contribution is -2.28. The molecule has 1 aromatic rings. The van der Waals surface area contributed by atoms with Gasteiger partial charge in [-0.2, -0.15) is 0 Å². The molecule has 0 aromatic carbocycles. The Bertz CT molecular complexity index is 299. The highest BCUT2D eigenvalue weighted by Gasteiger charge is 2.10. The number of hydrogen-bond donors (Lipinski definition) is 1. The van der Waals surface area contributed by atoms with E-state index in [2.05, 4.69) is 22.4 Å². The van der Waals surface area contributed by atoms with Crippen molar-refractivity contribution in [3.8, 4) is 0 Å². The van der Waals surface area contributed by atoms with Crippen molar-refractivity contribution in [2.45, 2.75) is 45.9 Å². The summed E-state index contributed by atoms with van der Waals surface area (Å²) < 4.78 is 1.84. The molecule has 0 saturated carbocycles. The van der Waals surface area contributed by atoms with Crippen molar-refractivity contribution in [1.82, 2.24) is 25.1 Å². The van der Waals surface area contributed by atoms with Gasteiger partial charge in [-0.1, -0.05) is 13.3 Å². The minimum Gasteiger partial charge on any atom is -0.392 e. The van der Waals surface area contributed by atoms with E-state index in [1.54, 1.807) is 6.92 Å². The topological polar surface area (TPSA) is 67.1 Å².